The Labute approximate surface area is 125 Å². The minimum atomic E-state index is -0.362. The Balaban J connectivity index is 1.73. The Morgan fingerprint density at radius 2 is 2.10 bits per heavy atom. The third kappa shape index (κ3) is 3.05. The summed E-state index contributed by atoms with van der Waals surface area (Å²) in [5, 5.41) is 0. The third-order valence-electron chi connectivity index (χ3n) is 2.94. The van der Waals surface area contributed by atoms with Crippen molar-refractivity contribution >= 4 is 27.5 Å². The smallest absolute Gasteiger partial charge is 0.338 e. The molecule has 0 amide bonds. The number of aryl methyl sites for hydroxylation is 2. The van der Waals surface area contributed by atoms with Crippen molar-refractivity contribution in [3.63, 3.8) is 0 Å². The second kappa shape index (κ2) is 5.57. The molecule has 1 aromatic carbocycles. The Morgan fingerprint density at radius 1 is 1.24 bits per heavy atom. The van der Waals surface area contributed by atoms with Crippen LogP contribution in [-0.2, 0) is 11.3 Å². The quantitative estimate of drug-likeness (QED) is 0.695. The summed E-state index contributed by atoms with van der Waals surface area (Å²) < 4.78 is 6.28. The fourth-order valence-electron chi connectivity index (χ4n) is 2.07. The summed E-state index contributed by atoms with van der Waals surface area (Å²) >= 11 is 1.50. The summed E-state index contributed by atoms with van der Waals surface area (Å²) in [4.78, 5) is 24.7. The van der Waals surface area contributed by atoms with Crippen LogP contribution in [0.3, 0.4) is 0 Å². The van der Waals surface area contributed by atoms with Crippen LogP contribution in [0.5, 0.6) is 0 Å². The minimum Gasteiger partial charge on any atom is -0.456 e. The second-order valence-electron chi connectivity index (χ2n) is 4.66. The topological polar surface area (TPSA) is 65.0 Å². The van der Waals surface area contributed by atoms with Crippen molar-refractivity contribution < 1.29 is 9.53 Å². The number of carbonyl (C=O) groups excluding carboxylic acids is 1. The zero-order valence-electron chi connectivity index (χ0n) is 11.7. The number of benzene rings is 1. The summed E-state index contributed by atoms with van der Waals surface area (Å²) in [6.45, 7) is 3.84. The first kappa shape index (κ1) is 13.6. The van der Waals surface area contributed by atoms with Crippen LogP contribution < -0.4 is 0 Å². The molecule has 2 aromatic heterocycles. The van der Waals surface area contributed by atoms with E-state index in [-0.39, 0.29) is 12.6 Å². The lowest BCUT2D eigenvalue weighted by molar-refractivity contribution is 0.0467. The zero-order chi connectivity index (χ0) is 14.8. The molecule has 6 heteroatoms. The molecule has 0 saturated carbocycles. The van der Waals surface area contributed by atoms with Crippen molar-refractivity contribution in [1.29, 1.82) is 0 Å². The molecule has 0 radical (unpaired) electrons. The van der Waals surface area contributed by atoms with E-state index in [0.29, 0.717) is 17.1 Å². The average molecular weight is 299 g/mol. The lowest BCUT2D eigenvalue weighted by Crippen LogP contribution is -2.07. The van der Waals surface area contributed by atoms with Crippen molar-refractivity contribution in [2.24, 2.45) is 0 Å². The number of thiazole rings is 1. The third-order valence-corrected chi connectivity index (χ3v) is 3.73. The zero-order valence-corrected chi connectivity index (χ0v) is 12.5. The van der Waals surface area contributed by atoms with Crippen LogP contribution in [-0.4, -0.2) is 20.9 Å². The Morgan fingerprint density at radius 3 is 2.90 bits per heavy atom. The predicted molar refractivity (Wildman–Crippen MR) is 80.2 cm³/mol. The SMILES string of the molecule is Cc1cc(COC(=O)c2ccc3ncsc3c2)nc(C)n1. The van der Waals surface area contributed by atoms with Gasteiger partial charge < -0.3 is 4.74 Å². The van der Waals surface area contributed by atoms with E-state index in [0.717, 1.165) is 15.9 Å². The molecule has 0 aliphatic rings. The van der Waals surface area contributed by atoms with Crippen LogP contribution in [0.15, 0.2) is 29.8 Å². The average Bonchev–Trinajstić information content (AvgIpc) is 2.91. The van der Waals surface area contributed by atoms with Gasteiger partial charge in [-0.05, 0) is 38.1 Å². The van der Waals surface area contributed by atoms with Gasteiger partial charge in [-0.15, -0.1) is 11.3 Å². The molecular formula is C15H13N3O2S. The van der Waals surface area contributed by atoms with Crippen molar-refractivity contribution in [1.82, 2.24) is 15.0 Å². The monoisotopic (exact) mass is 299 g/mol. The van der Waals surface area contributed by atoms with E-state index in [9.17, 15) is 4.79 Å². The highest BCUT2D eigenvalue weighted by molar-refractivity contribution is 7.16. The minimum absolute atomic E-state index is 0.143. The summed E-state index contributed by atoms with van der Waals surface area (Å²) in [7, 11) is 0. The lowest BCUT2D eigenvalue weighted by Gasteiger charge is -2.06. The number of hydrogen-bond donors (Lipinski definition) is 0. The first-order chi connectivity index (χ1) is 10.1. The number of rotatable bonds is 3. The van der Waals surface area contributed by atoms with E-state index in [2.05, 4.69) is 15.0 Å². The van der Waals surface area contributed by atoms with Crippen LogP contribution >= 0.6 is 11.3 Å². The normalized spacial score (nSPS) is 10.8. The Kier molecular flexibility index (Phi) is 3.62. The number of carbonyl (C=O) groups is 1. The van der Waals surface area contributed by atoms with Gasteiger partial charge in [-0.1, -0.05) is 0 Å². The maximum Gasteiger partial charge on any atom is 0.338 e. The van der Waals surface area contributed by atoms with Crippen molar-refractivity contribution in [3.05, 3.63) is 52.6 Å². The van der Waals surface area contributed by atoms with Gasteiger partial charge >= 0.3 is 5.97 Å². The van der Waals surface area contributed by atoms with E-state index in [1.807, 2.05) is 26.0 Å². The molecule has 0 atom stereocenters. The highest BCUT2D eigenvalue weighted by Gasteiger charge is 2.10. The number of aromatic nitrogens is 3. The molecule has 0 unspecified atom stereocenters. The summed E-state index contributed by atoms with van der Waals surface area (Å²) in [6, 6.07) is 7.15. The van der Waals surface area contributed by atoms with Gasteiger partial charge in [0.05, 0.1) is 27.0 Å². The number of esters is 1. The molecule has 0 N–H and O–H groups in total. The number of hydrogen-bond acceptors (Lipinski definition) is 6. The molecule has 2 heterocycles. The molecule has 0 aliphatic heterocycles. The summed E-state index contributed by atoms with van der Waals surface area (Å²) in [5.74, 6) is 0.311. The lowest BCUT2D eigenvalue weighted by atomic mass is 10.2. The van der Waals surface area contributed by atoms with E-state index < -0.39 is 0 Å². The van der Waals surface area contributed by atoms with Crippen LogP contribution in [0.25, 0.3) is 10.2 Å². The molecule has 0 saturated heterocycles. The van der Waals surface area contributed by atoms with Crippen LogP contribution in [0.1, 0.15) is 27.6 Å². The Bertz CT molecular complexity index is 793. The summed E-state index contributed by atoms with van der Waals surface area (Å²) in [5.41, 5.74) is 4.73. The van der Waals surface area contributed by atoms with E-state index >= 15 is 0 Å². The molecule has 21 heavy (non-hydrogen) atoms. The van der Waals surface area contributed by atoms with Gasteiger partial charge in [0.2, 0.25) is 0 Å². The molecule has 3 rings (SSSR count). The van der Waals surface area contributed by atoms with E-state index in [4.69, 9.17) is 4.74 Å². The maximum atomic E-state index is 12.1. The highest BCUT2D eigenvalue weighted by atomic mass is 32.1. The second-order valence-corrected chi connectivity index (χ2v) is 5.55. The van der Waals surface area contributed by atoms with E-state index in [1.165, 1.54) is 11.3 Å². The molecule has 0 spiro atoms. The van der Waals surface area contributed by atoms with Gasteiger partial charge in [-0.25, -0.2) is 19.7 Å². The van der Waals surface area contributed by atoms with E-state index in [1.54, 1.807) is 17.6 Å². The van der Waals surface area contributed by atoms with Gasteiger partial charge in [0.1, 0.15) is 12.4 Å². The number of ether oxygens (including phenoxy) is 1. The number of nitrogens with zero attached hydrogens (tertiary/aromatic N) is 3. The first-order valence-corrected chi connectivity index (χ1v) is 7.31. The standard InChI is InChI=1S/C15H13N3O2S/c1-9-5-12(18-10(2)17-9)7-20-15(19)11-3-4-13-14(6-11)21-8-16-13/h3-6,8H,7H2,1-2H3. The van der Waals surface area contributed by atoms with Crippen molar-refractivity contribution in [2.45, 2.75) is 20.5 Å². The molecule has 5 nitrogen and oxygen atoms in total. The maximum absolute atomic E-state index is 12.1. The molecule has 3 aromatic rings. The molecular weight excluding hydrogens is 286 g/mol. The van der Waals surface area contributed by atoms with Gasteiger partial charge in [0.15, 0.2) is 0 Å². The van der Waals surface area contributed by atoms with Crippen molar-refractivity contribution in [3.8, 4) is 0 Å². The van der Waals surface area contributed by atoms with Gasteiger partial charge in [0.25, 0.3) is 0 Å². The molecule has 106 valence electrons. The van der Waals surface area contributed by atoms with Gasteiger partial charge in [-0.3, -0.25) is 0 Å². The van der Waals surface area contributed by atoms with Crippen LogP contribution in [0, 0.1) is 13.8 Å². The van der Waals surface area contributed by atoms with Gasteiger partial charge in [-0.2, -0.15) is 0 Å². The first-order valence-electron chi connectivity index (χ1n) is 6.43. The van der Waals surface area contributed by atoms with Crippen LogP contribution in [0.2, 0.25) is 0 Å². The number of fused-ring (bicyclic) bond motifs is 1. The Hall–Kier alpha value is -2.34. The molecule has 0 aliphatic carbocycles. The van der Waals surface area contributed by atoms with Crippen molar-refractivity contribution in [2.75, 3.05) is 0 Å². The fourth-order valence-corrected chi connectivity index (χ4v) is 2.79. The predicted octanol–water partition coefficient (Wildman–Crippen LogP) is 3.06. The fraction of sp³-hybridized carbons (Fsp3) is 0.200. The highest BCUT2D eigenvalue weighted by Crippen LogP contribution is 2.19. The molecule has 0 bridgehead atoms. The largest absolute Gasteiger partial charge is 0.456 e. The van der Waals surface area contributed by atoms with Crippen LogP contribution in [0.4, 0.5) is 0 Å². The summed E-state index contributed by atoms with van der Waals surface area (Å²) in [6.07, 6.45) is 0. The van der Waals surface area contributed by atoms with Gasteiger partial charge in [0, 0.05) is 5.69 Å². The molecule has 0 fully saturated rings.